The first-order valence-electron chi connectivity index (χ1n) is 9.33. The standard InChI is InChI=1S/C23H18ClN3O3S/c1-14-10-11-15(12-22(14)31(25,29)30)26-23(28)18-13-21(17-7-2-4-8-19(17)24)27-20-9-5-3-6-16(18)20/h2-13H,1H3,(H,26,28)(H2,25,29,30). The van der Waals surface area contributed by atoms with E-state index >= 15 is 0 Å². The van der Waals surface area contributed by atoms with Crippen LogP contribution in [0.4, 0.5) is 5.69 Å². The summed E-state index contributed by atoms with van der Waals surface area (Å²) in [5.74, 6) is -0.406. The number of amides is 1. The summed E-state index contributed by atoms with van der Waals surface area (Å²) in [6, 6.07) is 20.8. The van der Waals surface area contributed by atoms with Gasteiger partial charge in [-0.25, -0.2) is 18.5 Å². The minimum atomic E-state index is -3.91. The van der Waals surface area contributed by atoms with Gasteiger partial charge in [0.1, 0.15) is 0 Å². The van der Waals surface area contributed by atoms with Crippen LogP contribution in [0.5, 0.6) is 0 Å². The second kappa shape index (κ2) is 8.11. The van der Waals surface area contributed by atoms with E-state index in [-0.39, 0.29) is 4.90 Å². The zero-order chi connectivity index (χ0) is 22.2. The van der Waals surface area contributed by atoms with Crippen molar-refractivity contribution in [1.82, 2.24) is 4.98 Å². The summed E-state index contributed by atoms with van der Waals surface area (Å²) in [6.45, 7) is 1.64. The minimum absolute atomic E-state index is 0.0401. The fraction of sp³-hybridized carbons (Fsp3) is 0.0435. The molecule has 6 nitrogen and oxygen atoms in total. The summed E-state index contributed by atoms with van der Waals surface area (Å²) < 4.78 is 23.6. The fourth-order valence-electron chi connectivity index (χ4n) is 3.35. The number of nitrogens with two attached hydrogens (primary N) is 1. The van der Waals surface area contributed by atoms with Crippen LogP contribution in [0.25, 0.3) is 22.2 Å². The van der Waals surface area contributed by atoms with E-state index in [2.05, 4.69) is 10.3 Å². The van der Waals surface area contributed by atoms with Gasteiger partial charge >= 0.3 is 0 Å². The number of benzene rings is 3. The monoisotopic (exact) mass is 451 g/mol. The molecule has 0 saturated carbocycles. The number of pyridine rings is 1. The lowest BCUT2D eigenvalue weighted by molar-refractivity contribution is 0.102. The number of anilines is 1. The first-order chi connectivity index (χ1) is 14.7. The number of hydrogen-bond acceptors (Lipinski definition) is 4. The largest absolute Gasteiger partial charge is 0.322 e. The first kappa shape index (κ1) is 21.0. The molecule has 0 spiro atoms. The summed E-state index contributed by atoms with van der Waals surface area (Å²) in [4.78, 5) is 17.8. The maximum Gasteiger partial charge on any atom is 0.256 e. The van der Waals surface area contributed by atoms with Crippen LogP contribution in [0.3, 0.4) is 0 Å². The highest BCUT2D eigenvalue weighted by Crippen LogP contribution is 2.30. The Morgan fingerprint density at radius 2 is 1.71 bits per heavy atom. The number of aromatic nitrogens is 1. The molecule has 0 bridgehead atoms. The lowest BCUT2D eigenvalue weighted by Crippen LogP contribution is -2.16. The van der Waals surface area contributed by atoms with Gasteiger partial charge in [0.15, 0.2) is 0 Å². The second-order valence-electron chi connectivity index (χ2n) is 7.03. The molecule has 4 aromatic rings. The Balaban J connectivity index is 1.81. The van der Waals surface area contributed by atoms with Crippen molar-refractivity contribution in [3.05, 3.63) is 88.9 Å². The van der Waals surface area contributed by atoms with E-state index in [0.29, 0.717) is 44.0 Å². The molecular formula is C23H18ClN3O3S. The van der Waals surface area contributed by atoms with Gasteiger partial charge in [-0.1, -0.05) is 54.1 Å². The van der Waals surface area contributed by atoms with Gasteiger partial charge in [0.25, 0.3) is 5.91 Å². The number of carbonyl (C=O) groups excluding carboxylic acids is 1. The van der Waals surface area contributed by atoms with Crippen molar-refractivity contribution in [3.63, 3.8) is 0 Å². The van der Waals surface area contributed by atoms with Crippen LogP contribution in [0.15, 0.2) is 77.7 Å². The minimum Gasteiger partial charge on any atom is -0.322 e. The van der Waals surface area contributed by atoms with E-state index in [9.17, 15) is 13.2 Å². The normalized spacial score (nSPS) is 11.5. The van der Waals surface area contributed by atoms with E-state index < -0.39 is 15.9 Å². The summed E-state index contributed by atoms with van der Waals surface area (Å²) in [6.07, 6.45) is 0. The number of primary sulfonamides is 1. The van der Waals surface area contributed by atoms with Crippen LogP contribution in [-0.2, 0) is 10.0 Å². The van der Waals surface area contributed by atoms with Crippen LogP contribution >= 0.6 is 11.6 Å². The van der Waals surface area contributed by atoms with Crippen LogP contribution in [0, 0.1) is 6.92 Å². The molecule has 1 amide bonds. The SMILES string of the molecule is Cc1ccc(NC(=O)c2cc(-c3ccccc3Cl)nc3ccccc23)cc1S(N)(=O)=O. The number of nitrogens with one attached hydrogen (secondary N) is 1. The molecule has 8 heteroatoms. The number of rotatable bonds is 4. The molecule has 0 unspecified atom stereocenters. The predicted octanol–water partition coefficient (Wildman–Crippen LogP) is 4.76. The zero-order valence-electron chi connectivity index (χ0n) is 16.5. The molecule has 0 aliphatic heterocycles. The molecule has 0 aliphatic rings. The Bertz CT molecular complexity index is 1440. The molecule has 3 aromatic carbocycles. The van der Waals surface area contributed by atoms with Crippen LogP contribution in [0.1, 0.15) is 15.9 Å². The molecule has 0 saturated heterocycles. The van der Waals surface area contributed by atoms with E-state index in [1.807, 2.05) is 36.4 Å². The summed E-state index contributed by atoms with van der Waals surface area (Å²) >= 11 is 6.34. The molecule has 0 aliphatic carbocycles. The van der Waals surface area contributed by atoms with Gasteiger partial charge < -0.3 is 5.32 Å². The van der Waals surface area contributed by atoms with Crippen molar-refractivity contribution < 1.29 is 13.2 Å². The number of nitrogens with zero attached hydrogens (tertiary/aromatic N) is 1. The molecule has 0 atom stereocenters. The van der Waals surface area contributed by atoms with Crippen molar-refractivity contribution in [1.29, 1.82) is 0 Å². The van der Waals surface area contributed by atoms with Crippen LogP contribution in [-0.4, -0.2) is 19.3 Å². The van der Waals surface area contributed by atoms with Gasteiger partial charge in [0, 0.05) is 21.7 Å². The Morgan fingerprint density at radius 1 is 1.00 bits per heavy atom. The maximum atomic E-state index is 13.2. The maximum absolute atomic E-state index is 13.2. The van der Waals surface area contributed by atoms with E-state index in [0.717, 1.165) is 0 Å². The van der Waals surface area contributed by atoms with Gasteiger partial charge in [0.2, 0.25) is 10.0 Å². The molecule has 31 heavy (non-hydrogen) atoms. The Morgan fingerprint density at radius 3 is 2.45 bits per heavy atom. The van der Waals surface area contributed by atoms with Gasteiger partial charge in [0.05, 0.1) is 21.7 Å². The average Bonchev–Trinajstić information content (AvgIpc) is 2.74. The third-order valence-corrected chi connectivity index (χ3v) is 6.25. The Kier molecular flexibility index (Phi) is 5.49. The van der Waals surface area contributed by atoms with Gasteiger partial charge in [-0.3, -0.25) is 4.79 Å². The van der Waals surface area contributed by atoms with Crippen molar-refractivity contribution in [2.75, 3.05) is 5.32 Å². The van der Waals surface area contributed by atoms with Gasteiger partial charge in [-0.15, -0.1) is 0 Å². The molecule has 1 heterocycles. The highest BCUT2D eigenvalue weighted by molar-refractivity contribution is 7.89. The quantitative estimate of drug-likeness (QED) is 0.466. The number of halogens is 1. The topological polar surface area (TPSA) is 102 Å². The highest BCUT2D eigenvalue weighted by Gasteiger charge is 2.17. The van der Waals surface area contributed by atoms with E-state index in [1.165, 1.54) is 6.07 Å². The Hall–Kier alpha value is -3.26. The number of fused-ring (bicyclic) bond motifs is 1. The van der Waals surface area contributed by atoms with E-state index in [1.54, 1.807) is 37.3 Å². The molecule has 0 radical (unpaired) electrons. The first-order valence-corrected chi connectivity index (χ1v) is 11.3. The molecule has 156 valence electrons. The molecule has 0 fully saturated rings. The van der Waals surface area contributed by atoms with Crippen molar-refractivity contribution in [2.45, 2.75) is 11.8 Å². The van der Waals surface area contributed by atoms with Crippen molar-refractivity contribution in [3.8, 4) is 11.3 Å². The summed E-state index contributed by atoms with van der Waals surface area (Å²) in [7, 11) is -3.91. The number of sulfonamides is 1. The number of carbonyl (C=O) groups is 1. The highest BCUT2D eigenvalue weighted by atomic mass is 35.5. The lowest BCUT2D eigenvalue weighted by atomic mass is 10.0. The number of aryl methyl sites for hydroxylation is 1. The van der Waals surface area contributed by atoms with Gasteiger partial charge in [-0.05, 0) is 42.8 Å². The van der Waals surface area contributed by atoms with Crippen molar-refractivity contribution in [2.24, 2.45) is 5.14 Å². The summed E-state index contributed by atoms with van der Waals surface area (Å²) in [5.41, 5.74) is 3.10. The average molecular weight is 452 g/mol. The fourth-order valence-corrected chi connectivity index (χ4v) is 4.39. The van der Waals surface area contributed by atoms with Gasteiger partial charge in [-0.2, -0.15) is 0 Å². The third kappa shape index (κ3) is 4.29. The zero-order valence-corrected chi connectivity index (χ0v) is 18.0. The smallest absolute Gasteiger partial charge is 0.256 e. The van der Waals surface area contributed by atoms with E-state index in [4.69, 9.17) is 16.7 Å². The Labute approximate surface area is 184 Å². The molecular weight excluding hydrogens is 434 g/mol. The molecule has 3 N–H and O–H groups in total. The summed E-state index contributed by atoms with van der Waals surface area (Å²) in [5, 5.41) is 9.23. The van der Waals surface area contributed by atoms with Crippen LogP contribution < -0.4 is 10.5 Å². The van der Waals surface area contributed by atoms with Crippen molar-refractivity contribution >= 4 is 44.1 Å². The second-order valence-corrected chi connectivity index (χ2v) is 8.97. The number of para-hydroxylation sites is 1. The number of hydrogen-bond donors (Lipinski definition) is 2. The molecule has 1 aromatic heterocycles. The predicted molar refractivity (Wildman–Crippen MR) is 123 cm³/mol. The lowest BCUT2D eigenvalue weighted by Gasteiger charge is -2.12. The molecule has 4 rings (SSSR count). The van der Waals surface area contributed by atoms with Crippen LogP contribution in [0.2, 0.25) is 5.02 Å². The third-order valence-electron chi connectivity index (χ3n) is 4.86.